The zero-order valence-electron chi connectivity index (χ0n) is 7.46. The van der Waals surface area contributed by atoms with Gasteiger partial charge in [0.2, 0.25) is 5.91 Å². The summed E-state index contributed by atoms with van der Waals surface area (Å²) < 4.78 is 12.5. The van der Waals surface area contributed by atoms with Crippen molar-refractivity contribution in [1.29, 1.82) is 0 Å². The predicted octanol–water partition coefficient (Wildman–Crippen LogP) is 1.80. The summed E-state index contributed by atoms with van der Waals surface area (Å²) in [4.78, 5) is 10.6. The topological polar surface area (TPSA) is 43.1 Å². The van der Waals surface area contributed by atoms with Crippen molar-refractivity contribution in [2.45, 2.75) is 19.3 Å². The quantitative estimate of drug-likeness (QED) is 0.759. The molecule has 1 aromatic rings. The number of benzene rings is 1. The van der Waals surface area contributed by atoms with Crippen LogP contribution in [0.3, 0.4) is 0 Å². The number of nitrogens with two attached hydrogens (primary N) is 1. The van der Waals surface area contributed by atoms with Gasteiger partial charge in [-0.05, 0) is 23.6 Å². The molecule has 1 rings (SSSR count). The van der Waals surface area contributed by atoms with Crippen LogP contribution < -0.4 is 5.73 Å². The summed E-state index contributed by atoms with van der Waals surface area (Å²) in [5.74, 6) is -0.551. The molecule has 1 atom stereocenters. The molecule has 0 saturated carbocycles. The highest BCUT2D eigenvalue weighted by atomic mass is 19.1. The van der Waals surface area contributed by atoms with Gasteiger partial charge in [-0.1, -0.05) is 19.1 Å². The summed E-state index contributed by atoms with van der Waals surface area (Å²) in [7, 11) is 0. The Hall–Kier alpha value is -1.38. The first kappa shape index (κ1) is 9.71. The van der Waals surface area contributed by atoms with Crippen LogP contribution in [0.1, 0.15) is 24.8 Å². The Morgan fingerprint density at radius 1 is 1.46 bits per heavy atom. The van der Waals surface area contributed by atoms with E-state index in [1.807, 2.05) is 6.92 Å². The largest absolute Gasteiger partial charge is 0.370 e. The third-order valence-electron chi connectivity index (χ3n) is 1.95. The van der Waals surface area contributed by atoms with Gasteiger partial charge in [-0.3, -0.25) is 4.79 Å². The number of rotatable bonds is 3. The van der Waals surface area contributed by atoms with Crippen LogP contribution in [0.2, 0.25) is 0 Å². The molecular weight excluding hydrogens is 169 g/mol. The molecule has 0 aromatic heterocycles. The second kappa shape index (κ2) is 4.03. The van der Waals surface area contributed by atoms with Gasteiger partial charge in [0.1, 0.15) is 5.82 Å². The zero-order chi connectivity index (χ0) is 9.84. The molecule has 3 heteroatoms. The fourth-order valence-corrected chi connectivity index (χ4v) is 1.21. The Morgan fingerprint density at radius 2 is 2.00 bits per heavy atom. The van der Waals surface area contributed by atoms with Gasteiger partial charge < -0.3 is 5.73 Å². The van der Waals surface area contributed by atoms with E-state index in [1.54, 1.807) is 12.1 Å². The molecule has 70 valence electrons. The molecule has 0 spiro atoms. The average molecular weight is 181 g/mol. The number of hydrogen-bond acceptors (Lipinski definition) is 1. The smallest absolute Gasteiger partial charge is 0.218 e. The van der Waals surface area contributed by atoms with Crippen molar-refractivity contribution in [2.24, 2.45) is 5.73 Å². The van der Waals surface area contributed by atoms with Crippen molar-refractivity contribution in [3.8, 4) is 0 Å². The normalized spacial score (nSPS) is 12.5. The van der Waals surface area contributed by atoms with Gasteiger partial charge in [0.05, 0.1) is 0 Å². The van der Waals surface area contributed by atoms with Crippen molar-refractivity contribution < 1.29 is 9.18 Å². The van der Waals surface area contributed by atoms with Gasteiger partial charge in [-0.15, -0.1) is 0 Å². The molecule has 0 bridgehead atoms. The first-order chi connectivity index (χ1) is 6.09. The molecular formula is C10H12FNO. The van der Waals surface area contributed by atoms with Gasteiger partial charge in [-0.25, -0.2) is 4.39 Å². The minimum absolute atomic E-state index is 0.0538. The van der Waals surface area contributed by atoms with Crippen LogP contribution in [0.25, 0.3) is 0 Å². The SMILES string of the molecule is C[C@@H](CC(N)=O)c1ccc(F)cc1. The summed E-state index contributed by atoms with van der Waals surface area (Å²) in [5, 5.41) is 0. The molecule has 13 heavy (non-hydrogen) atoms. The van der Waals surface area contributed by atoms with E-state index >= 15 is 0 Å². The summed E-state index contributed by atoms with van der Waals surface area (Å²) in [5.41, 5.74) is 5.98. The van der Waals surface area contributed by atoms with Crippen molar-refractivity contribution >= 4 is 5.91 Å². The predicted molar refractivity (Wildman–Crippen MR) is 48.6 cm³/mol. The molecule has 0 aliphatic rings. The molecule has 0 fully saturated rings. The fourth-order valence-electron chi connectivity index (χ4n) is 1.21. The lowest BCUT2D eigenvalue weighted by molar-refractivity contribution is -0.118. The van der Waals surface area contributed by atoms with Crippen LogP contribution in [-0.2, 0) is 4.79 Å². The Labute approximate surface area is 76.6 Å². The van der Waals surface area contributed by atoms with Crippen molar-refractivity contribution in [2.75, 3.05) is 0 Å². The molecule has 1 aromatic carbocycles. The fraction of sp³-hybridized carbons (Fsp3) is 0.300. The molecule has 1 amide bonds. The summed E-state index contributed by atoms with van der Waals surface area (Å²) >= 11 is 0. The Balaban J connectivity index is 2.71. The minimum atomic E-state index is -0.336. The molecule has 0 radical (unpaired) electrons. The number of carbonyl (C=O) groups excluding carboxylic acids is 1. The average Bonchev–Trinajstić information content (AvgIpc) is 2.04. The molecule has 2 N–H and O–H groups in total. The molecule has 2 nitrogen and oxygen atoms in total. The second-order valence-electron chi connectivity index (χ2n) is 3.12. The first-order valence-corrected chi connectivity index (χ1v) is 4.13. The van der Waals surface area contributed by atoms with Crippen LogP contribution in [-0.4, -0.2) is 5.91 Å². The van der Waals surface area contributed by atoms with Gasteiger partial charge in [0.25, 0.3) is 0 Å². The third kappa shape index (κ3) is 2.86. The van der Waals surface area contributed by atoms with Gasteiger partial charge in [0.15, 0.2) is 0 Å². The van der Waals surface area contributed by atoms with Crippen LogP contribution in [0.15, 0.2) is 24.3 Å². The van der Waals surface area contributed by atoms with Gasteiger partial charge in [-0.2, -0.15) is 0 Å². The Morgan fingerprint density at radius 3 is 2.46 bits per heavy atom. The van der Waals surface area contributed by atoms with Crippen LogP contribution in [0, 0.1) is 5.82 Å². The molecule has 0 saturated heterocycles. The zero-order valence-corrected chi connectivity index (χ0v) is 7.46. The maximum Gasteiger partial charge on any atom is 0.218 e. The van der Waals surface area contributed by atoms with E-state index in [0.717, 1.165) is 5.56 Å². The number of halogens is 1. The lowest BCUT2D eigenvalue weighted by Crippen LogP contribution is -2.13. The standard InChI is InChI=1S/C10H12FNO/c1-7(6-10(12)13)8-2-4-9(11)5-3-8/h2-5,7H,6H2,1H3,(H2,12,13)/t7-/m0/s1. The van der Waals surface area contributed by atoms with Crippen molar-refractivity contribution in [1.82, 2.24) is 0 Å². The van der Waals surface area contributed by atoms with E-state index in [-0.39, 0.29) is 17.6 Å². The van der Waals surface area contributed by atoms with E-state index in [2.05, 4.69) is 0 Å². The number of amides is 1. The van der Waals surface area contributed by atoms with Crippen molar-refractivity contribution in [3.05, 3.63) is 35.6 Å². The number of primary amides is 1. The maximum absolute atomic E-state index is 12.5. The molecule has 0 aliphatic heterocycles. The Kier molecular flexibility index (Phi) is 3.01. The lowest BCUT2D eigenvalue weighted by Gasteiger charge is -2.08. The van der Waals surface area contributed by atoms with E-state index < -0.39 is 0 Å². The summed E-state index contributed by atoms with van der Waals surface area (Å²) in [6, 6.07) is 6.10. The molecule has 0 heterocycles. The minimum Gasteiger partial charge on any atom is -0.370 e. The number of hydrogen-bond donors (Lipinski definition) is 1. The van der Waals surface area contributed by atoms with Crippen LogP contribution in [0.5, 0.6) is 0 Å². The van der Waals surface area contributed by atoms with Crippen molar-refractivity contribution in [3.63, 3.8) is 0 Å². The van der Waals surface area contributed by atoms with E-state index in [0.29, 0.717) is 6.42 Å². The van der Waals surface area contributed by atoms with E-state index in [9.17, 15) is 9.18 Å². The van der Waals surface area contributed by atoms with Crippen LogP contribution in [0.4, 0.5) is 4.39 Å². The summed E-state index contributed by atoms with van der Waals surface area (Å²) in [6.45, 7) is 1.89. The monoisotopic (exact) mass is 181 g/mol. The van der Waals surface area contributed by atoms with Gasteiger partial charge >= 0.3 is 0 Å². The van der Waals surface area contributed by atoms with E-state index in [4.69, 9.17) is 5.73 Å². The van der Waals surface area contributed by atoms with Crippen LogP contribution >= 0.6 is 0 Å². The Bertz CT molecular complexity index is 294. The molecule has 0 unspecified atom stereocenters. The highest BCUT2D eigenvalue weighted by Crippen LogP contribution is 2.18. The maximum atomic E-state index is 12.5. The summed E-state index contributed by atoms with van der Waals surface area (Å²) in [6.07, 6.45) is 0.297. The first-order valence-electron chi connectivity index (χ1n) is 4.13. The molecule has 0 aliphatic carbocycles. The second-order valence-corrected chi connectivity index (χ2v) is 3.12. The van der Waals surface area contributed by atoms with Gasteiger partial charge in [0, 0.05) is 6.42 Å². The highest BCUT2D eigenvalue weighted by molar-refractivity contribution is 5.74. The third-order valence-corrected chi connectivity index (χ3v) is 1.95. The van der Waals surface area contributed by atoms with E-state index in [1.165, 1.54) is 12.1 Å². The highest BCUT2D eigenvalue weighted by Gasteiger charge is 2.08. The number of carbonyl (C=O) groups is 1. The lowest BCUT2D eigenvalue weighted by atomic mass is 9.98.